The molecule has 1 aliphatic rings. The first kappa shape index (κ1) is 9.52. The van der Waals surface area contributed by atoms with E-state index in [9.17, 15) is 4.79 Å². The molecule has 1 heterocycles. The molecule has 0 bridgehead atoms. The van der Waals surface area contributed by atoms with Crippen molar-refractivity contribution in [2.45, 2.75) is 32.8 Å². The van der Waals surface area contributed by atoms with Gasteiger partial charge in [0.15, 0.2) is 0 Å². The molecule has 0 spiro atoms. The van der Waals surface area contributed by atoms with Crippen molar-refractivity contribution in [3.8, 4) is 0 Å². The lowest BCUT2D eigenvalue weighted by molar-refractivity contribution is -0.150. The van der Waals surface area contributed by atoms with Gasteiger partial charge in [-0.05, 0) is 19.3 Å². The van der Waals surface area contributed by atoms with E-state index in [-0.39, 0.29) is 11.8 Å². The molecule has 0 aliphatic carbocycles. The quantitative estimate of drug-likeness (QED) is 0.687. The van der Waals surface area contributed by atoms with E-state index in [1.54, 1.807) is 0 Å². The van der Waals surface area contributed by atoms with E-state index in [4.69, 9.17) is 9.84 Å². The molecule has 0 aromatic carbocycles. The second-order valence-corrected chi connectivity index (χ2v) is 3.87. The van der Waals surface area contributed by atoms with Crippen molar-refractivity contribution < 1.29 is 14.6 Å². The Bertz CT molecular complexity index is 188. The fraction of sp³-hybridized carbons (Fsp3) is 0.889. The maximum atomic E-state index is 10.8. The van der Waals surface area contributed by atoms with E-state index in [0.717, 1.165) is 0 Å². The zero-order valence-electron chi connectivity index (χ0n) is 7.83. The highest BCUT2D eigenvalue weighted by atomic mass is 16.5. The van der Waals surface area contributed by atoms with Crippen molar-refractivity contribution in [2.24, 2.45) is 11.8 Å². The summed E-state index contributed by atoms with van der Waals surface area (Å²) in [4.78, 5) is 10.8. The average Bonchev–Trinajstić information content (AvgIpc) is 2.32. The van der Waals surface area contributed by atoms with Crippen molar-refractivity contribution in [2.75, 3.05) is 6.61 Å². The zero-order valence-corrected chi connectivity index (χ0v) is 7.83. The molecule has 1 saturated heterocycles. The number of rotatable bonds is 2. The number of carboxylic acid groups (broad SMARTS) is 1. The molecule has 12 heavy (non-hydrogen) atoms. The summed E-state index contributed by atoms with van der Waals surface area (Å²) < 4.78 is 5.49. The van der Waals surface area contributed by atoms with Gasteiger partial charge in [-0.2, -0.15) is 0 Å². The van der Waals surface area contributed by atoms with Crippen LogP contribution in [0.1, 0.15) is 27.2 Å². The Morgan fingerprint density at radius 2 is 2.25 bits per heavy atom. The van der Waals surface area contributed by atoms with E-state index in [1.807, 2.05) is 20.8 Å². The summed E-state index contributed by atoms with van der Waals surface area (Å²) in [5.41, 5.74) is -0.466. The Morgan fingerprint density at radius 1 is 1.67 bits per heavy atom. The van der Waals surface area contributed by atoms with Crippen LogP contribution in [0.2, 0.25) is 0 Å². The van der Waals surface area contributed by atoms with Crippen molar-refractivity contribution in [1.82, 2.24) is 0 Å². The van der Waals surface area contributed by atoms with E-state index < -0.39 is 11.6 Å². The van der Waals surface area contributed by atoms with Gasteiger partial charge in [0.2, 0.25) is 0 Å². The van der Waals surface area contributed by atoms with Gasteiger partial charge in [0.1, 0.15) is 0 Å². The van der Waals surface area contributed by atoms with Crippen LogP contribution in [-0.4, -0.2) is 23.3 Å². The van der Waals surface area contributed by atoms with Crippen LogP contribution < -0.4 is 0 Å². The third-order valence-electron chi connectivity index (χ3n) is 2.96. The molecule has 0 radical (unpaired) electrons. The van der Waals surface area contributed by atoms with Crippen molar-refractivity contribution >= 4 is 5.97 Å². The Kier molecular flexibility index (Phi) is 2.42. The van der Waals surface area contributed by atoms with Gasteiger partial charge >= 0.3 is 5.97 Å². The summed E-state index contributed by atoms with van der Waals surface area (Å²) in [5.74, 6) is -0.817. The van der Waals surface area contributed by atoms with Crippen LogP contribution in [0.3, 0.4) is 0 Å². The number of hydrogen-bond acceptors (Lipinski definition) is 2. The van der Waals surface area contributed by atoms with E-state index in [2.05, 4.69) is 0 Å². The topological polar surface area (TPSA) is 46.5 Å². The van der Waals surface area contributed by atoms with Crippen LogP contribution in [0.25, 0.3) is 0 Å². The Balaban J connectivity index is 2.81. The fourth-order valence-corrected chi connectivity index (χ4v) is 1.72. The molecule has 1 aliphatic heterocycles. The molecular weight excluding hydrogens is 156 g/mol. The van der Waals surface area contributed by atoms with Crippen molar-refractivity contribution in [3.05, 3.63) is 0 Å². The second kappa shape index (κ2) is 3.05. The first-order chi connectivity index (χ1) is 5.48. The largest absolute Gasteiger partial charge is 0.481 e. The van der Waals surface area contributed by atoms with Gasteiger partial charge in [0.25, 0.3) is 0 Å². The highest BCUT2D eigenvalue weighted by molar-refractivity contribution is 5.72. The van der Waals surface area contributed by atoms with Gasteiger partial charge in [-0.1, -0.05) is 13.8 Å². The van der Waals surface area contributed by atoms with Gasteiger partial charge in [0.05, 0.1) is 11.5 Å². The Labute approximate surface area is 72.7 Å². The molecule has 2 atom stereocenters. The predicted octanol–water partition coefficient (Wildman–Crippen LogP) is 1.52. The SMILES string of the molecule is CC(C)C1(C)OCCC1C(=O)O. The minimum Gasteiger partial charge on any atom is -0.481 e. The minimum atomic E-state index is -0.733. The number of ether oxygens (including phenoxy) is 1. The number of hydrogen-bond donors (Lipinski definition) is 1. The number of carboxylic acids is 1. The Hall–Kier alpha value is -0.570. The molecule has 0 saturated carbocycles. The first-order valence-corrected chi connectivity index (χ1v) is 4.35. The summed E-state index contributed by atoms with van der Waals surface area (Å²) in [5, 5.41) is 8.92. The van der Waals surface area contributed by atoms with Crippen molar-refractivity contribution in [1.29, 1.82) is 0 Å². The molecule has 1 N–H and O–H groups in total. The van der Waals surface area contributed by atoms with Crippen LogP contribution in [-0.2, 0) is 9.53 Å². The van der Waals surface area contributed by atoms with Crippen LogP contribution in [0.5, 0.6) is 0 Å². The second-order valence-electron chi connectivity index (χ2n) is 3.87. The summed E-state index contributed by atoms with van der Waals surface area (Å²) in [6.45, 7) is 6.47. The van der Waals surface area contributed by atoms with E-state index in [0.29, 0.717) is 13.0 Å². The van der Waals surface area contributed by atoms with Crippen LogP contribution in [0.4, 0.5) is 0 Å². The maximum Gasteiger partial charge on any atom is 0.309 e. The lowest BCUT2D eigenvalue weighted by Crippen LogP contribution is -2.41. The number of aliphatic carboxylic acids is 1. The van der Waals surface area contributed by atoms with Crippen LogP contribution >= 0.6 is 0 Å². The molecule has 1 fully saturated rings. The van der Waals surface area contributed by atoms with E-state index >= 15 is 0 Å². The smallest absolute Gasteiger partial charge is 0.309 e. The van der Waals surface area contributed by atoms with Gasteiger partial charge in [-0.25, -0.2) is 0 Å². The molecule has 70 valence electrons. The molecule has 3 heteroatoms. The highest BCUT2D eigenvalue weighted by Crippen LogP contribution is 2.37. The molecule has 3 nitrogen and oxygen atoms in total. The third kappa shape index (κ3) is 1.33. The lowest BCUT2D eigenvalue weighted by Gasteiger charge is -2.31. The monoisotopic (exact) mass is 172 g/mol. The summed E-state index contributed by atoms with van der Waals surface area (Å²) >= 11 is 0. The molecule has 0 aromatic rings. The molecule has 0 aromatic heterocycles. The molecule has 2 unspecified atom stereocenters. The van der Waals surface area contributed by atoms with E-state index in [1.165, 1.54) is 0 Å². The summed E-state index contributed by atoms with van der Waals surface area (Å²) in [6.07, 6.45) is 0.643. The summed E-state index contributed by atoms with van der Waals surface area (Å²) in [6, 6.07) is 0. The minimum absolute atomic E-state index is 0.251. The Morgan fingerprint density at radius 3 is 2.58 bits per heavy atom. The van der Waals surface area contributed by atoms with Crippen LogP contribution in [0, 0.1) is 11.8 Å². The van der Waals surface area contributed by atoms with Crippen LogP contribution in [0.15, 0.2) is 0 Å². The molecule has 1 rings (SSSR count). The van der Waals surface area contributed by atoms with Crippen molar-refractivity contribution in [3.63, 3.8) is 0 Å². The maximum absolute atomic E-state index is 10.8. The lowest BCUT2D eigenvalue weighted by atomic mass is 9.80. The van der Waals surface area contributed by atoms with Gasteiger partial charge in [0, 0.05) is 6.61 Å². The number of carbonyl (C=O) groups is 1. The highest BCUT2D eigenvalue weighted by Gasteiger charge is 2.46. The van der Waals surface area contributed by atoms with Gasteiger partial charge < -0.3 is 9.84 Å². The standard InChI is InChI=1S/C9H16O3/c1-6(2)9(3)7(8(10)11)4-5-12-9/h6-7H,4-5H2,1-3H3,(H,10,11). The molecule has 0 amide bonds. The fourth-order valence-electron chi connectivity index (χ4n) is 1.72. The normalized spacial score (nSPS) is 35.8. The van der Waals surface area contributed by atoms with Gasteiger partial charge in [-0.3, -0.25) is 4.79 Å². The zero-order chi connectivity index (χ0) is 9.35. The average molecular weight is 172 g/mol. The molecular formula is C9H16O3. The summed E-state index contributed by atoms with van der Waals surface area (Å²) in [7, 11) is 0. The van der Waals surface area contributed by atoms with Gasteiger partial charge in [-0.15, -0.1) is 0 Å². The predicted molar refractivity (Wildman–Crippen MR) is 44.9 cm³/mol. The first-order valence-electron chi connectivity index (χ1n) is 4.35. The third-order valence-corrected chi connectivity index (χ3v) is 2.96.